The first kappa shape index (κ1) is 21.6. The molecule has 2 aromatic rings. The molecule has 1 N–H and O–H groups in total. The van der Waals surface area contributed by atoms with Crippen molar-refractivity contribution in [2.75, 3.05) is 26.2 Å². The van der Waals surface area contributed by atoms with Crippen molar-refractivity contribution in [1.82, 2.24) is 15.1 Å². The fraction of sp³-hybridized carbons (Fsp3) is 0.462. The van der Waals surface area contributed by atoms with Gasteiger partial charge in [0.2, 0.25) is 5.91 Å². The summed E-state index contributed by atoms with van der Waals surface area (Å²) in [5.41, 5.74) is 3.65. The molecule has 0 saturated carbocycles. The van der Waals surface area contributed by atoms with Crippen LogP contribution in [0, 0.1) is 12.8 Å². The monoisotopic (exact) mass is 419 g/mol. The number of amides is 2. The average Bonchev–Trinajstić information content (AvgIpc) is 3.05. The Morgan fingerprint density at radius 3 is 2.68 bits per heavy atom. The van der Waals surface area contributed by atoms with E-state index in [0.717, 1.165) is 43.1 Å². The van der Waals surface area contributed by atoms with Crippen molar-refractivity contribution >= 4 is 11.8 Å². The molecule has 2 atom stereocenters. The molecule has 0 aliphatic carbocycles. The summed E-state index contributed by atoms with van der Waals surface area (Å²) >= 11 is 0. The highest BCUT2D eigenvalue weighted by Gasteiger charge is 2.40. The van der Waals surface area contributed by atoms with Gasteiger partial charge in [-0.25, -0.2) is 0 Å². The maximum absolute atomic E-state index is 13.2. The van der Waals surface area contributed by atoms with Crippen LogP contribution in [0.2, 0.25) is 0 Å². The molecular weight excluding hydrogens is 386 g/mol. The molecule has 2 heterocycles. The van der Waals surface area contributed by atoms with E-state index in [1.54, 1.807) is 4.90 Å². The number of likely N-dealkylation sites (tertiary alicyclic amines) is 1. The lowest BCUT2D eigenvalue weighted by molar-refractivity contribution is -0.125. The van der Waals surface area contributed by atoms with Crippen molar-refractivity contribution in [1.29, 1.82) is 0 Å². The lowest BCUT2D eigenvalue weighted by Gasteiger charge is -2.30. The topological polar surface area (TPSA) is 52.7 Å². The molecule has 2 aliphatic rings. The van der Waals surface area contributed by atoms with Crippen LogP contribution in [0.25, 0.3) is 0 Å². The predicted octanol–water partition coefficient (Wildman–Crippen LogP) is 3.93. The zero-order valence-electron chi connectivity index (χ0n) is 18.6. The summed E-state index contributed by atoms with van der Waals surface area (Å²) in [6, 6.07) is 15.1. The minimum Gasteiger partial charge on any atom is -0.354 e. The fourth-order valence-electron chi connectivity index (χ4n) is 4.81. The number of fused-ring (bicyclic) bond motifs is 1. The number of benzene rings is 2. The zero-order valence-corrected chi connectivity index (χ0v) is 18.6. The zero-order chi connectivity index (χ0) is 21.8. The molecule has 2 aromatic carbocycles. The number of aryl methyl sites for hydroxylation is 1. The third kappa shape index (κ3) is 4.99. The summed E-state index contributed by atoms with van der Waals surface area (Å²) in [5.74, 6) is 0.607. The van der Waals surface area contributed by atoms with E-state index in [-0.39, 0.29) is 11.8 Å². The highest BCUT2D eigenvalue weighted by Crippen LogP contribution is 2.35. The van der Waals surface area contributed by atoms with E-state index in [1.807, 2.05) is 55.5 Å². The molecule has 0 radical (unpaired) electrons. The maximum Gasteiger partial charge on any atom is 0.255 e. The van der Waals surface area contributed by atoms with E-state index in [1.165, 1.54) is 18.4 Å². The van der Waals surface area contributed by atoms with Crippen molar-refractivity contribution in [3.8, 4) is 0 Å². The Labute approximate surface area is 185 Å². The second-order valence-electron chi connectivity index (χ2n) is 9.10. The molecule has 1 saturated heterocycles. The Balaban J connectivity index is 1.41. The molecule has 0 spiro atoms. The summed E-state index contributed by atoms with van der Waals surface area (Å²) in [6.07, 6.45) is 3.51. The summed E-state index contributed by atoms with van der Waals surface area (Å²) in [7, 11) is 0. The number of carbonyl (C=O) groups is 2. The molecule has 5 nitrogen and oxygen atoms in total. The highest BCUT2D eigenvalue weighted by molar-refractivity contribution is 6.04. The van der Waals surface area contributed by atoms with Gasteiger partial charge in [0, 0.05) is 25.2 Å². The standard InChI is InChI=1S/C26H33N3O2/c1-19-10-12-21(13-11-19)18-29-24(22-8-3-4-9-23(22)26(29)31)25(30)27-14-6-16-28-15-5-7-20(2)17-28/h3-4,8-13,20,24H,5-7,14-18H2,1-2H3,(H,27,30)/t20-,24+/m0/s1. The first-order valence-electron chi connectivity index (χ1n) is 11.5. The van der Waals surface area contributed by atoms with Gasteiger partial charge in [-0.05, 0) is 62.4 Å². The van der Waals surface area contributed by atoms with Crippen LogP contribution in [0.5, 0.6) is 0 Å². The molecule has 4 rings (SSSR count). The summed E-state index contributed by atoms with van der Waals surface area (Å²) in [5, 5.41) is 3.10. The van der Waals surface area contributed by atoms with Crippen LogP contribution in [-0.4, -0.2) is 47.8 Å². The van der Waals surface area contributed by atoms with Gasteiger partial charge in [-0.1, -0.05) is 55.0 Å². The number of piperidine rings is 1. The highest BCUT2D eigenvalue weighted by atomic mass is 16.2. The van der Waals surface area contributed by atoms with Crippen LogP contribution in [0.4, 0.5) is 0 Å². The molecule has 31 heavy (non-hydrogen) atoms. The summed E-state index contributed by atoms with van der Waals surface area (Å²) < 4.78 is 0. The van der Waals surface area contributed by atoms with Crippen molar-refractivity contribution in [3.05, 3.63) is 70.8 Å². The van der Waals surface area contributed by atoms with Gasteiger partial charge >= 0.3 is 0 Å². The van der Waals surface area contributed by atoms with Crippen molar-refractivity contribution in [3.63, 3.8) is 0 Å². The van der Waals surface area contributed by atoms with Crippen molar-refractivity contribution in [2.24, 2.45) is 5.92 Å². The second-order valence-corrected chi connectivity index (χ2v) is 9.10. The van der Waals surface area contributed by atoms with Crippen LogP contribution in [0.15, 0.2) is 48.5 Å². The van der Waals surface area contributed by atoms with Crippen molar-refractivity contribution in [2.45, 2.75) is 45.7 Å². The van der Waals surface area contributed by atoms with Crippen LogP contribution < -0.4 is 5.32 Å². The predicted molar refractivity (Wildman–Crippen MR) is 123 cm³/mol. The smallest absolute Gasteiger partial charge is 0.255 e. The molecule has 2 aliphatic heterocycles. The van der Waals surface area contributed by atoms with Gasteiger partial charge in [0.15, 0.2) is 0 Å². The molecule has 2 amide bonds. The molecule has 0 unspecified atom stereocenters. The SMILES string of the molecule is Cc1ccc(CN2C(=O)c3ccccc3[C@@H]2C(=O)NCCCN2CCC[C@H](C)C2)cc1. The van der Waals surface area contributed by atoms with E-state index >= 15 is 0 Å². The Morgan fingerprint density at radius 2 is 1.90 bits per heavy atom. The lowest BCUT2D eigenvalue weighted by Crippen LogP contribution is -2.40. The van der Waals surface area contributed by atoms with Gasteiger partial charge in [-0.2, -0.15) is 0 Å². The number of rotatable bonds is 7. The molecule has 5 heteroatoms. The minimum atomic E-state index is -0.569. The Morgan fingerprint density at radius 1 is 1.13 bits per heavy atom. The number of hydrogen-bond donors (Lipinski definition) is 1. The van der Waals surface area contributed by atoms with Crippen LogP contribution in [0.3, 0.4) is 0 Å². The van der Waals surface area contributed by atoms with E-state index in [0.29, 0.717) is 18.7 Å². The van der Waals surface area contributed by atoms with Gasteiger partial charge in [-0.15, -0.1) is 0 Å². The van der Waals surface area contributed by atoms with E-state index in [2.05, 4.69) is 17.1 Å². The van der Waals surface area contributed by atoms with Gasteiger partial charge < -0.3 is 15.1 Å². The summed E-state index contributed by atoms with van der Waals surface area (Å²) in [4.78, 5) is 30.5. The number of hydrogen-bond acceptors (Lipinski definition) is 3. The van der Waals surface area contributed by atoms with Crippen LogP contribution in [-0.2, 0) is 11.3 Å². The fourth-order valence-corrected chi connectivity index (χ4v) is 4.81. The van der Waals surface area contributed by atoms with Crippen LogP contribution >= 0.6 is 0 Å². The largest absolute Gasteiger partial charge is 0.354 e. The summed E-state index contributed by atoms with van der Waals surface area (Å²) in [6.45, 7) is 8.74. The number of nitrogens with one attached hydrogen (secondary N) is 1. The third-order valence-electron chi connectivity index (χ3n) is 6.47. The Kier molecular flexibility index (Phi) is 6.71. The first-order valence-corrected chi connectivity index (χ1v) is 11.5. The molecular formula is C26H33N3O2. The van der Waals surface area contributed by atoms with E-state index < -0.39 is 6.04 Å². The van der Waals surface area contributed by atoms with Gasteiger partial charge in [0.1, 0.15) is 6.04 Å². The molecule has 0 aromatic heterocycles. The first-order chi connectivity index (χ1) is 15.0. The maximum atomic E-state index is 13.2. The Hall–Kier alpha value is -2.66. The number of nitrogens with zero attached hydrogens (tertiary/aromatic N) is 2. The number of carbonyl (C=O) groups excluding carboxylic acids is 2. The Bertz CT molecular complexity index is 925. The normalized spacial score (nSPS) is 21.2. The minimum absolute atomic E-state index is 0.0707. The van der Waals surface area contributed by atoms with Crippen molar-refractivity contribution < 1.29 is 9.59 Å². The van der Waals surface area contributed by atoms with Crippen LogP contribution in [0.1, 0.15) is 59.3 Å². The molecule has 1 fully saturated rings. The third-order valence-corrected chi connectivity index (χ3v) is 6.47. The average molecular weight is 420 g/mol. The molecule has 164 valence electrons. The van der Waals surface area contributed by atoms with Gasteiger partial charge in [0.05, 0.1) is 0 Å². The lowest BCUT2D eigenvalue weighted by atomic mass is 10.0. The van der Waals surface area contributed by atoms with E-state index in [4.69, 9.17) is 0 Å². The quantitative estimate of drug-likeness (QED) is 0.692. The van der Waals surface area contributed by atoms with Gasteiger partial charge in [0.25, 0.3) is 5.91 Å². The second kappa shape index (κ2) is 9.65. The van der Waals surface area contributed by atoms with E-state index in [9.17, 15) is 9.59 Å². The molecule has 0 bridgehead atoms. The van der Waals surface area contributed by atoms with Gasteiger partial charge in [-0.3, -0.25) is 9.59 Å².